The molecule has 3 nitrogen and oxygen atoms in total. The predicted molar refractivity (Wildman–Crippen MR) is 54.6 cm³/mol. The van der Waals surface area contributed by atoms with Crippen molar-refractivity contribution in [2.75, 3.05) is 5.33 Å². The van der Waals surface area contributed by atoms with Gasteiger partial charge >= 0.3 is 0 Å². The monoisotopic (exact) mass is 235 g/mol. The van der Waals surface area contributed by atoms with E-state index in [0.29, 0.717) is 5.33 Å². The summed E-state index contributed by atoms with van der Waals surface area (Å²) in [5, 5.41) is 11.2. The fraction of sp³-hybridized carbons (Fsp3) is 0.111. The Kier molecular flexibility index (Phi) is 2.28. The molecule has 0 spiro atoms. The number of rotatable bonds is 0. The normalized spacial score (nSPS) is 9.62. The van der Waals surface area contributed by atoms with E-state index in [1.165, 1.54) is 0 Å². The van der Waals surface area contributed by atoms with Crippen LogP contribution in [-0.2, 0) is 0 Å². The fourth-order valence-electron chi connectivity index (χ4n) is 1.05. The number of benzene rings is 1. The predicted octanol–water partition coefficient (Wildman–Crippen LogP) is 1.70. The highest BCUT2D eigenvalue weighted by Gasteiger charge is 1.96. The van der Waals surface area contributed by atoms with Gasteiger partial charge in [0.15, 0.2) is 0 Å². The lowest BCUT2D eigenvalue weighted by atomic mass is 10.2. The summed E-state index contributed by atoms with van der Waals surface area (Å²) >= 11 is 3.24. The van der Waals surface area contributed by atoms with E-state index < -0.39 is 0 Å². The molecule has 1 aromatic heterocycles. The number of fused-ring (bicyclic) bond motifs is 1. The Morgan fingerprint density at radius 1 is 1.31 bits per heavy atom. The zero-order valence-corrected chi connectivity index (χ0v) is 8.30. The van der Waals surface area contributed by atoms with Crippen LogP contribution in [0, 0.1) is 11.8 Å². The van der Waals surface area contributed by atoms with Crippen molar-refractivity contribution >= 4 is 27.0 Å². The highest BCUT2D eigenvalue weighted by molar-refractivity contribution is 9.09. The summed E-state index contributed by atoms with van der Waals surface area (Å²) < 4.78 is 0. The van der Waals surface area contributed by atoms with Crippen LogP contribution in [0.4, 0.5) is 0 Å². The summed E-state index contributed by atoms with van der Waals surface area (Å²) in [6, 6.07) is 5.74. The summed E-state index contributed by atoms with van der Waals surface area (Å²) in [5.74, 6) is 5.93. The van der Waals surface area contributed by atoms with Crippen LogP contribution in [0.1, 0.15) is 5.56 Å². The van der Waals surface area contributed by atoms with Gasteiger partial charge in [-0.3, -0.25) is 0 Å². The van der Waals surface area contributed by atoms with Gasteiger partial charge in [-0.2, -0.15) is 15.4 Å². The minimum absolute atomic E-state index is 0.684. The Hall–Kier alpha value is -1.34. The van der Waals surface area contributed by atoms with Crippen molar-refractivity contribution in [2.24, 2.45) is 0 Å². The van der Waals surface area contributed by atoms with E-state index >= 15 is 0 Å². The van der Waals surface area contributed by atoms with Crippen LogP contribution < -0.4 is 0 Å². The molecule has 0 fully saturated rings. The number of hydrogen-bond acceptors (Lipinski definition) is 2. The van der Waals surface area contributed by atoms with E-state index in [1.54, 1.807) is 0 Å². The number of nitrogens with zero attached hydrogens (tertiary/aromatic N) is 2. The molecule has 2 aromatic rings. The van der Waals surface area contributed by atoms with E-state index in [9.17, 15) is 0 Å². The number of nitrogens with one attached hydrogen (secondary N) is 1. The third-order valence-corrected chi connectivity index (χ3v) is 1.90. The van der Waals surface area contributed by atoms with E-state index in [4.69, 9.17) is 0 Å². The Balaban J connectivity index is 2.48. The van der Waals surface area contributed by atoms with E-state index in [2.05, 4.69) is 43.2 Å². The Bertz CT molecular complexity index is 478. The zero-order valence-electron chi connectivity index (χ0n) is 6.71. The molecule has 0 radical (unpaired) electrons. The second kappa shape index (κ2) is 3.58. The molecule has 4 heteroatoms. The van der Waals surface area contributed by atoms with Crippen LogP contribution in [0.25, 0.3) is 11.0 Å². The molecule has 2 rings (SSSR count). The molecule has 13 heavy (non-hydrogen) atoms. The molecule has 1 heterocycles. The molecule has 1 N–H and O–H groups in total. The molecule has 0 aliphatic carbocycles. The second-order valence-corrected chi connectivity index (χ2v) is 3.02. The van der Waals surface area contributed by atoms with Crippen molar-refractivity contribution in [1.82, 2.24) is 15.4 Å². The van der Waals surface area contributed by atoms with Gasteiger partial charge in [0.25, 0.3) is 0 Å². The number of halogens is 1. The summed E-state index contributed by atoms with van der Waals surface area (Å²) in [6.45, 7) is 0. The van der Waals surface area contributed by atoms with Crippen LogP contribution in [-0.4, -0.2) is 20.7 Å². The first kappa shape index (κ1) is 8.27. The Labute approximate surface area is 83.7 Å². The maximum Gasteiger partial charge on any atom is 0.114 e. The molecule has 0 unspecified atom stereocenters. The molecular weight excluding hydrogens is 230 g/mol. The largest absolute Gasteiger partial charge is 0.197 e. The average molecular weight is 236 g/mol. The first-order chi connectivity index (χ1) is 6.40. The summed E-state index contributed by atoms with van der Waals surface area (Å²) in [5.41, 5.74) is 2.67. The van der Waals surface area contributed by atoms with Gasteiger partial charge in [0.2, 0.25) is 0 Å². The van der Waals surface area contributed by atoms with Gasteiger partial charge in [0.1, 0.15) is 11.0 Å². The molecule has 64 valence electrons. The number of H-pyrrole nitrogens is 1. The summed E-state index contributed by atoms with van der Waals surface area (Å²) in [6.07, 6.45) is 0. The maximum atomic E-state index is 3.97. The van der Waals surface area contributed by atoms with Crippen LogP contribution in [0.15, 0.2) is 18.2 Å². The number of aromatic amines is 1. The summed E-state index contributed by atoms with van der Waals surface area (Å²) in [7, 11) is 0. The molecular formula is C9H6BrN3. The first-order valence-corrected chi connectivity index (χ1v) is 4.87. The van der Waals surface area contributed by atoms with Gasteiger partial charge in [0.05, 0.1) is 5.33 Å². The SMILES string of the molecule is BrCC#Cc1ccc2n[nH]nc2c1. The van der Waals surface area contributed by atoms with Gasteiger partial charge in [-0.15, -0.1) is 0 Å². The average Bonchev–Trinajstić information content (AvgIpc) is 2.61. The highest BCUT2D eigenvalue weighted by atomic mass is 79.9. The fourth-order valence-corrected chi connectivity index (χ4v) is 1.19. The van der Waals surface area contributed by atoms with Gasteiger partial charge in [0, 0.05) is 5.56 Å². The molecule has 0 bridgehead atoms. The van der Waals surface area contributed by atoms with Gasteiger partial charge in [-0.25, -0.2) is 0 Å². The van der Waals surface area contributed by atoms with E-state index in [1.807, 2.05) is 18.2 Å². The molecule has 0 saturated carbocycles. The topological polar surface area (TPSA) is 41.6 Å². The van der Waals surface area contributed by atoms with Crippen LogP contribution in [0.5, 0.6) is 0 Å². The van der Waals surface area contributed by atoms with Crippen LogP contribution in [0.3, 0.4) is 0 Å². The Morgan fingerprint density at radius 3 is 3.00 bits per heavy atom. The third kappa shape index (κ3) is 1.70. The molecule has 0 atom stereocenters. The Morgan fingerprint density at radius 2 is 2.15 bits per heavy atom. The maximum absolute atomic E-state index is 3.97. The molecule has 0 amide bonds. The van der Waals surface area contributed by atoms with E-state index in [0.717, 1.165) is 16.6 Å². The van der Waals surface area contributed by atoms with Crippen molar-refractivity contribution in [2.45, 2.75) is 0 Å². The number of aromatic nitrogens is 3. The smallest absolute Gasteiger partial charge is 0.114 e. The molecule has 0 aliphatic heterocycles. The minimum atomic E-state index is 0.684. The lowest BCUT2D eigenvalue weighted by Crippen LogP contribution is -1.75. The minimum Gasteiger partial charge on any atom is -0.197 e. The van der Waals surface area contributed by atoms with Crippen LogP contribution >= 0.6 is 15.9 Å². The lowest BCUT2D eigenvalue weighted by Gasteiger charge is -1.87. The first-order valence-electron chi connectivity index (χ1n) is 3.75. The van der Waals surface area contributed by atoms with Crippen molar-refractivity contribution < 1.29 is 0 Å². The number of alkyl halides is 1. The van der Waals surface area contributed by atoms with Crippen molar-refractivity contribution in [1.29, 1.82) is 0 Å². The quantitative estimate of drug-likeness (QED) is 0.558. The molecule has 0 aliphatic rings. The van der Waals surface area contributed by atoms with Gasteiger partial charge in [-0.1, -0.05) is 27.8 Å². The van der Waals surface area contributed by atoms with Crippen molar-refractivity contribution in [3.8, 4) is 11.8 Å². The lowest BCUT2D eigenvalue weighted by molar-refractivity contribution is 0.959. The zero-order chi connectivity index (χ0) is 9.10. The van der Waals surface area contributed by atoms with E-state index in [-0.39, 0.29) is 0 Å². The second-order valence-electron chi connectivity index (χ2n) is 2.46. The van der Waals surface area contributed by atoms with Gasteiger partial charge in [-0.05, 0) is 18.2 Å². The summed E-state index contributed by atoms with van der Waals surface area (Å²) in [4.78, 5) is 0. The van der Waals surface area contributed by atoms with Crippen molar-refractivity contribution in [3.05, 3.63) is 23.8 Å². The third-order valence-electron chi connectivity index (χ3n) is 1.62. The van der Waals surface area contributed by atoms with Gasteiger partial charge < -0.3 is 0 Å². The standard InChI is InChI=1S/C9H6BrN3/c10-5-1-2-7-3-4-8-9(6-7)12-13-11-8/h3-4,6H,5H2,(H,11,12,13). The highest BCUT2D eigenvalue weighted by Crippen LogP contribution is 2.09. The number of hydrogen-bond donors (Lipinski definition) is 1. The molecule has 1 aromatic carbocycles. The molecule has 0 saturated heterocycles. The van der Waals surface area contributed by atoms with Crippen LogP contribution in [0.2, 0.25) is 0 Å². The van der Waals surface area contributed by atoms with Crippen molar-refractivity contribution in [3.63, 3.8) is 0 Å².